The zero-order valence-corrected chi connectivity index (χ0v) is 15.0. The average Bonchev–Trinajstić information content (AvgIpc) is 3.10. The third kappa shape index (κ3) is 4.42. The standard InChI is InChI=1S/C19H14F3NO4S/c20-19(21,22)14-6-8-15(9-7-14)23-18(24)17-13(10-11-27-17)12-28(25,26)16-4-2-1-3-5-16/h1-11H,12H2,(H,23,24). The predicted octanol–water partition coefficient (Wildman–Crippen LogP) is 4.52. The molecule has 146 valence electrons. The van der Waals surface area contributed by atoms with Crippen LogP contribution in [0.4, 0.5) is 18.9 Å². The topological polar surface area (TPSA) is 76.4 Å². The van der Waals surface area contributed by atoms with Crippen molar-refractivity contribution in [3.05, 3.63) is 83.8 Å². The van der Waals surface area contributed by atoms with Crippen molar-refractivity contribution >= 4 is 21.4 Å². The first-order valence-corrected chi connectivity index (χ1v) is 9.65. The lowest BCUT2D eigenvalue weighted by atomic mass is 10.2. The molecule has 0 spiro atoms. The number of sulfone groups is 1. The van der Waals surface area contributed by atoms with E-state index in [2.05, 4.69) is 5.32 Å². The molecule has 1 amide bonds. The van der Waals surface area contributed by atoms with Crippen LogP contribution in [0.2, 0.25) is 0 Å². The molecule has 1 aromatic heterocycles. The zero-order chi connectivity index (χ0) is 20.4. The smallest absolute Gasteiger partial charge is 0.416 e. The first-order valence-electron chi connectivity index (χ1n) is 7.99. The molecule has 3 aromatic rings. The first kappa shape index (κ1) is 19.7. The quantitative estimate of drug-likeness (QED) is 0.672. The Morgan fingerprint density at radius 3 is 2.21 bits per heavy atom. The fourth-order valence-electron chi connectivity index (χ4n) is 2.49. The number of amides is 1. The molecule has 0 fully saturated rings. The van der Waals surface area contributed by atoms with Gasteiger partial charge in [0, 0.05) is 11.3 Å². The number of rotatable bonds is 5. The van der Waals surface area contributed by atoms with Gasteiger partial charge < -0.3 is 9.73 Å². The molecule has 0 aliphatic carbocycles. The van der Waals surface area contributed by atoms with Gasteiger partial charge >= 0.3 is 6.18 Å². The van der Waals surface area contributed by atoms with Gasteiger partial charge in [-0.25, -0.2) is 8.42 Å². The Balaban J connectivity index is 1.77. The number of halogens is 3. The van der Waals surface area contributed by atoms with Crippen LogP contribution in [-0.4, -0.2) is 14.3 Å². The minimum atomic E-state index is -4.48. The summed E-state index contributed by atoms with van der Waals surface area (Å²) in [6.07, 6.45) is -3.31. The number of hydrogen-bond acceptors (Lipinski definition) is 4. The van der Waals surface area contributed by atoms with Gasteiger partial charge in [-0.2, -0.15) is 13.2 Å². The summed E-state index contributed by atoms with van der Waals surface area (Å²) in [6.45, 7) is 0. The van der Waals surface area contributed by atoms with Crippen molar-refractivity contribution in [2.24, 2.45) is 0 Å². The predicted molar refractivity (Wildman–Crippen MR) is 95.4 cm³/mol. The number of benzene rings is 2. The second-order valence-electron chi connectivity index (χ2n) is 5.88. The maximum atomic E-state index is 12.6. The molecule has 0 aliphatic rings. The highest BCUT2D eigenvalue weighted by molar-refractivity contribution is 7.90. The lowest BCUT2D eigenvalue weighted by molar-refractivity contribution is -0.137. The Kier molecular flexibility index (Phi) is 5.28. The fourth-order valence-corrected chi connectivity index (χ4v) is 3.87. The third-order valence-corrected chi connectivity index (χ3v) is 5.55. The Hall–Kier alpha value is -3.07. The molecule has 9 heteroatoms. The maximum Gasteiger partial charge on any atom is 0.416 e. The van der Waals surface area contributed by atoms with Crippen LogP contribution in [0.15, 0.2) is 76.2 Å². The van der Waals surface area contributed by atoms with Crippen molar-refractivity contribution in [2.45, 2.75) is 16.8 Å². The van der Waals surface area contributed by atoms with Gasteiger partial charge in [-0.15, -0.1) is 0 Å². The second-order valence-corrected chi connectivity index (χ2v) is 7.87. The highest BCUT2D eigenvalue weighted by Crippen LogP contribution is 2.30. The summed E-state index contributed by atoms with van der Waals surface area (Å²) in [4.78, 5) is 12.5. The van der Waals surface area contributed by atoms with Crippen molar-refractivity contribution < 1.29 is 30.8 Å². The van der Waals surface area contributed by atoms with Gasteiger partial charge in [-0.3, -0.25) is 4.79 Å². The molecule has 2 aromatic carbocycles. The lowest BCUT2D eigenvalue weighted by Crippen LogP contribution is -2.15. The fraction of sp³-hybridized carbons (Fsp3) is 0.105. The summed E-state index contributed by atoms with van der Waals surface area (Å²) in [5.74, 6) is -1.44. The highest BCUT2D eigenvalue weighted by Gasteiger charge is 2.30. The molecule has 28 heavy (non-hydrogen) atoms. The summed E-state index contributed by atoms with van der Waals surface area (Å²) >= 11 is 0. The normalized spacial score (nSPS) is 12.0. The molecule has 0 unspecified atom stereocenters. The van der Waals surface area contributed by atoms with Crippen LogP contribution >= 0.6 is 0 Å². The third-order valence-electron chi connectivity index (χ3n) is 3.87. The van der Waals surface area contributed by atoms with Gasteiger partial charge in [-0.1, -0.05) is 18.2 Å². The van der Waals surface area contributed by atoms with E-state index in [1.54, 1.807) is 18.2 Å². The van der Waals surface area contributed by atoms with Gasteiger partial charge in [0.05, 0.1) is 22.5 Å². The van der Waals surface area contributed by atoms with Crippen LogP contribution in [0.5, 0.6) is 0 Å². The number of nitrogens with one attached hydrogen (secondary N) is 1. The molecule has 1 heterocycles. The molecule has 1 N–H and O–H groups in total. The van der Waals surface area contributed by atoms with Crippen molar-refractivity contribution in [1.29, 1.82) is 0 Å². The summed E-state index contributed by atoms with van der Waals surface area (Å²) in [6, 6.07) is 13.0. The van der Waals surface area contributed by atoms with Crippen molar-refractivity contribution in [1.82, 2.24) is 0 Å². The number of furan rings is 1. The van der Waals surface area contributed by atoms with E-state index in [0.717, 1.165) is 24.3 Å². The van der Waals surface area contributed by atoms with Crippen molar-refractivity contribution in [2.75, 3.05) is 5.32 Å². The van der Waals surface area contributed by atoms with Gasteiger partial charge in [0.15, 0.2) is 15.6 Å². The van der Waals surface area contributed by atoms with E-state index in [1.807, 2.05) is 0 Å². The molecule has 0 saturated carbocycles. The van der Waals surface area contributed by atoms with Crippen LogP contribution in [-0.2, 0) is 21.8 Å². The first-order chi connectivity index (χ1) is 13.2. The minimum Gasteiger partial charge on any atom is -0.459 e. The Bertz CT molecular complexity index is 1070. The Morgan fingerprint density at radius 1 is 0.964 bits per heavy atom. The molecule has 0 radical (unpaired) electrons. The van der Waals surface area contributed by atoms with Crippen molar-refractivity contribution in [3.63, 3.8) is 0 Å². The Morgan fingerprint density at radius 2 is 1.61 bits per heavy atom. The van der Waals surface area contributed by atoms with Gasteiger partial charge in [0.2, 0.25) is 0 Å². The molecule has 3 rings (SSSR count). The summed E-state index contributed by atoms with van der Waals surface area (Å²) in [5.41, 5.74) is -0.585. The number of carbonyl (C=O) groups excluding carboxylic acids is 1. The van der Waals surface area contributed by atoms with Crippen LogP contribution in [0, 0.1) is 0 Å². The van der Waals surface area contributed by atoms with E-state index < -0.39 is 33.2 Å². The minimum absolute atomic E-state index is 0.102. The number of alkyl halides is 3. The number of anilines is 1. The van der Waals surface area contributed by atoms with E-state index in [4.69, 9.17) is 4.42 Å². The maximum absolute atomic E-state index is 12.6. The average molecular weight is 409 g/mol. The van der Waals surface area contributed by atoms with E-state index in [1.165, 1.54) is 24.5 Å². The van der Waals surface area contributed by atoms with Gasteiger partial charge in [0.25, 0.3) is 5.91 Å². The van der Waals surface area contributed by atoms with Crippen LogP contribution < -0.4 is 5.32 Å². The van der Waals surface area contributed by atoms with Crippen LogP contribution in [0.3, 0.4) is 0 Å². The molecule has 0 atom stereocenters. The molecular weight excluding hydrogens is 395 g/mol. The molecule has 5 nitrogen and oxygen atoms in total. The van der Waals surface area contributed by atoms with E-state index in [9.17, 15) is 26.4 Å². The summed E-state index contributed by atoms with van der Waals surface area (Å²) in [7, 11) is -3.70. The van der Waals surface area contributed by atoms with E-state index in [0.29, 0.717) is 0 Å². The van der Waals surface area contributed by atoms with E-state index in [-0.39, 0.29) is 21.9 Å². The molecule has 0 aliphatic heterocycles. The van der Waals surface area contributed by atoms with Crippen LogP contribution in [0.25, 0.3) is 0 Å². The summed E-state index contributed by atoms with van der Waals surface area (Å²) in [5, 5.41) is 2.39. The number of hydrogen-bond donors (Lipinski definition) is 1. The lowest BCUT2D eigenvalue weighted by Gasteiger charge is -2.09. The highest BCUT2D eigenvalue weighted by atomic mass is 32.2. The van der Waals surface area contributed by atoms with Gasteiger partial charge in [0.1, 0.15) is 0 Å². The van der Waals surface area contributed by atoms with Gasteiger partial charge in [-0.05, 0) is 42.5 Å². The zero-order valence-electron chi connectivity index (χ0n) is 14.2. The molecule has 0 saturated heterocycles. The monoisotopic (exact) mass is 409 g/mol. The SMILES string of the molecule is O=C(Nc1ccc(C(F)(F)F)cc1)c1occc1CS(=O)(=O)c1ccccc1. The summed E-state index contributed by atoms with van der Waals surface area (Å²) < 4.78 is 67.9. The van der Waals surface area contributed by atoms with Crippen molar-refractivity contribution in [3.8, 4) is 0 Å². The second kappa shape index (κ2) is 7.51. The largest absolute Gasteiger partial charge is 0.459 e. The molecule has 0 bridgehead atoms. The van der Waals surface area contributed by atoms with E-state index >= 15 is 0 Å². The Labute approximate surface area is 158 Å². The van der Waals surface area contributed by atoms with Crippen LogP contribution in [0.1, 0.15) is 21.7 Å². The molecular formula is C19H14F3NO4S. The number of carbonyl (C=O) groups is 1.